The van der Waals surface area contributed by atoms with E-state index in [-0.39, 0.29) is 69.5 Å². The third-order valence-corrected chi connectivity index (χ3v) is 21.7. The van der Waals surface area contributed by atoms with E-state index in [1.54, 1.807) is 11.8 Å². The maximum atomic E-state index is 14.6. The average Bonchev–Trinajstić information content (AvgIpc) is 1.47. The van der Waals surface area contributed by atoms with Gasteiger partial charge in [0.2, 0.25) is 10.3 Å². The normalized spacial score (nSPS) is 17.9. The Labute approximate surface area is 591 Å². The summed E-state index contributed by atoms with van der Waals surface area (Å²) in [6.45, 7) is 17.0. The number of nitrogens with zero attached hydrogens (tertiary/aromatic N) is 11. The second-order valence-electron chi connectivity index (χ2n) is 23.6. The lowest BCUT2D eigenvalue weighted by atomic mass is 9.95. The topological polar surface area (TPSA) is 350 Å². The van der Waals surface area contributed by atoms with Gasteiger partial charge in [-0.25, -0.2) is 14.3 Å². The van der Waals surface area contributed by atoms with Gasteiger partial charge in [0.15, 0.2) is 5.78 Å². The number of carbonyl (C=O) groups excluding carboxylic acids is 4. The number of fused-ring (bicyclic) bond motifs is 6. The fraction of sp³-hybridized carbons (Fsp3) is 0.358. The minimum atomic E-state index is -4.73. The van der Waals surface area contributed by atoms with Gasteiger partial charge in [0.25, 0.3) is 37.9 Å². The van der Waals surface area contributed by atoms with Gasteiger partial charge < -0.3 is 50.2 Å². The first-order valence-electron chi connectivity index (χ1n) is 32.5. The molecule has 5 aliphatic rings. The number of thioether (sulfide) groups is 1. The SMILES string of the molecule is CCC1=C2Nc3cc(ccc3N=Nc3nc4c(s3)C=C(C(=O)Nc3ccccc3S(=O)(=O)O)C(=O)[N+]43CCOCC3)N(CC)COCCSC(=NC(Nc3cc(N(CC)CC)ccc3N=Nc3nc(N4CCOCC4)c(C=C(C(C)=O)C(=O)Nc4ccccc4S(=O)(=O)O)s3)=CCC2C)C1. The Kier molecular flexibility index (Phi) is 23.1. The first kappa shape index (κ1) is 72.5. The Morgan fingerprint density at radius 1 is 0.790 bits per heavy atom. The molecule has 33 heteroatoms. The molecule has 2 fully saturated rings. The van der Waals surface area contributed by atoms with E-state index in [4.69, 9.17) is 49.6 Å². The van der Waals surface area contributed by atoms with Crippen molar-refractivity contribution < 1.29 is 59.3 Å². The maximum absolute atomic E-state index is 14.6. The van der Waals surface area contributed by atoms with Crippen LogP contribution in [0, 0.1) is 5.92 Å². The number of aliphatic imine (C=N–C) groups is 1. The van der Waals surface area contributed by atoms with Crippen LogP contribution < -0.4 is 40.4 Å². The number of para-hydroxylation sites is 2. The number of morpholine rings is 2. The molecule has 6 N–H and O–H groups in total. The predicted molar refractivity (Wildman–Crippen MR) is 391 cm³/mol. The summed E-state index contributed by atoms with van der Waals surface area (Å²) in [5, 5.41) is 32.9. The van der Waals surface area contributed by atoms with Crippen molar-refractivity contribution >= 4 is 163 Å². The average molecular weight is 1460 g/mol. The molecule has 3 amide bonds. The number of rotatable bonds is 20. The highest BCUT2D eigenvalue weighted by Crippen LogP contribution is 2.45. The highest BCUT2D eigenvalue weighted by molar-refractivity contribution is 8.14. The van der Waals surface area contributed by atoms with E-state index in [1.807, 2.05) is 41.3 Å². The predicted octanol–water partition coefficient (Wildman–Crippen LogP) is 12.5. The summed E-state index contributed by atoms with van der Waals surface area (Å²) in [5.74, 6) is -1.04. The molecule has 0 radical (unpaired) electrons. The lowest BCUT2D eigenvalue weighted by molar-refractivity contribution is -0.132. The molecule has 7 heterocycles. The van der Waals surface area contributed by atoms with Crippen molar-refractivity contribution in [2.75, 3.05) is 127 Å². The van der Waals surface area contributed by atoms with Crippen LogP contribution in [0.3, 0.4) is 0 Å². The van der Waals surface area contributed by atoms with Crippen LogP contribution in [0.2, 0.25) is 0 Å². The molecule has 2 saturated heterocycles. The Morgan fingerprint density at radius 2 is 1.45 bits per heavy atom. The molecule has 28 nitrogen and oxygen atoms in total. The molecule has 526 valence electrons. The molecule has 0 saturated carbocycles. The number of allylic oxidation sites excluding steroid dienone is 3. The molecule has 4 bridgehead atoms. The van der Waals surface area contributed by atoms with Crippen LogP contribution in [0.1, 0.15) is 70.6 Å². The zero-order valence-electron chi connectivity index (χ0n) is 55.8. The number of amides is 3. The summed E-state index contributed by atoms with van der Waals surface area (Å²) in [6, 6.07) is 22.4. The number of carbonyl (C=O) groups is 4. The first-order chi connectivity index (χ1) is 48.1. The van der Waals surface area contributed by atoms with E-state index in [1.165, 1.54) is 55.5 Å². The number of benzene rings is 4. The van der Waals surface area contributed by atoms with E-state index in [9.17, 15) is 45.1 Å². The molecule has 0 aliphatic carbocycles. The van der Waals surface area contributed by atoms with Gasteiger partial charge in [-0.2, -0.15) is 26.8 Å². The van der Waals surface area contributed by atoms with Gasteiger partial charge in [-0.15, -0.1) is 32.2 Å². The van der Waals surface area contributed by atoms with Gasteiger partial charge in [-0.05, 0) is 131 Å². The Balaban J connectivity index is 0.911. The summed E-state index contributed by atoms with van der Waals surface area (Å²) in [5.41, 5.74) is 5.16. The zero-order chi connectivity index (χ0) is 70.9. The Bertz CT molecular complexity index is 4610. The van der Waals surface area contributed by atoms with Crippen molar-refractivity contribution in [3.05, 3.63) is 129 Å². The second-order valence-corrected chi connectivity index (χ2v) is 29.5. The van der Waals surface area contributed by atoms with Crippen molar-refractivity contribution in [3.8, 4) is 0 Å². The number of ketones is 1. The summed E-state index contributed by atoms with van der Waals surface area (Å²) in [6.07, 6.45) is 6.58. The van der Waals surface area contributed by atoms with Gasteiger partial charge in [0, 0.05) is 62.0 Å². The van der Waals surface area contributed by atoms with Crippen LogP contribution in [0.5, 0.6) is 0 Å². The van der Waals surface area contributed by atoms with E-state index < -0.39 is 53.5 Å². The summed E-state index contributed by atoms with van der Waals surface area (Å²) in [7, 11) is -9.46. The lowest BCUT2D eigenvalue weighted by Crippen LogP contribution is -2.62. The molecule has 4 aromatic carbocycles. The lowest BCUT2D eigenvalue weighted by Gasteiger charge is -2.38. The molecule has 1 spiro atoms. The smallest absolute Gasteiger partial charge is 0.358 e. The Morgan fingerprint density at radius 3 is 2.12 bits per heavy atom. The van der Waals surface area contributed by atoms with Crippen LogP contribution >= 0.6 is 34.4 Å². The van der Waals surface area contributed by atoms with E-state index in [0.29, 0.717) is 121 Å². The minimum absolute atomic E-state index is 0.119. The van der Waals surface area contributed by atoms with Crippen LogP contribution in [0.4, 0.5) is 67.4 Å². The fourth-order valence-corrected chi connectivity index (χ4v) is 15.9. The third-order valence-electron chi connectivity index (χ3n) is 17.2. The van der Waals surface area contributed by atoms with Crippen LogP contribution in [-0.4, -0.2) is 156 Å². The molecular weight excluding hydrogens is 1380 g/mol. The van der Waals surface area contributed by atoms with E-state index >= 15 is 0 Å². The largest absolute Gasteiger partial charge is 0.378 e. The van der Waals surface area contributed by atoms with Gasteiger partial charge in [-0.1, -0.05) is 60.8 Å². The van der Waals surface area contributed by atoms with Gasteiger partial charge >= 0.3 is 5.91 Å². The van der Waals surface area contributed by atoms with Gasteiger partial charge in [0.05, 0.1) is 71.3 Å². The number of nitrogens with one attached hydrogen (secondary N) is 4. The van der Waals surface area contributed by atoms with Crippen molar-refractivity contribution in [1.29, 1.82) is 0 Å². The quantitative estimate of drug-likeness (QED) is 0.0103. The fourth-order valence-electron chi connectivity index (χ4n) is 11.9. The number of ether oxygens (including phenoxy) is 3. The Hall–Kier alpha value is -8.74. The number of aromatic nitrogens is 2. The standard InChI is InChI=1S/C67H75N15O13S5/c1-7-43-35-59-72-58(68-52-36-44(79(8-2)9-3)20-22-48(52)75-77-66-73-61(81-25-29-93-30-26-81)54(97-66)38-46(42(6)83)63(84)70-50-15-11-13-17-56(50)99(87,88)89)24-19-41(5)60(43)69-53-37-45(80(10-4)40-95-33-34-96-59)21-23-49(53)76-78-67-74-62-55(98-67)39-47(65(86)82(62)27-31-94-32-28-82)64(85)71-51-16-12-14-18-57(51)100(90,91)92/h11-18,20-24,36-39,41H,7-10,19,25-35,40H2,1-6H3,(H5-,68,69,70,71,73,74,77,78,83,84,85,86,87,88,89,90,91,92)/p+1. The molecule has 1 unspecified atom stereocenters. The summed E-state index contributed by atoms with van der Waals surface area (Å²) >= 11 is 3.85. The number of Topliss-reactive ketones (excluding diaryl/α,β-unsaturated/α-hetero) is 1. The molecular formula is C67H76N15O13S5+. The molecule has 1 atom stereocenters. The van der Waals surface area contributed by atoms with E-state index in [2.05, 4.69) is 71.8 Å². The number of azo groups is 2. The molecule has 6 aromatic rings. The number of quaternary nitrogens is 1. The van der Waals surface area contributed by atoms with Crippen molar-refractivity contribution in [1.82, 2.24) is 14.5 Å². The molecule has 11 rings (SSSR count). The van der Waals surface area contributed by atoms with Gasteiger partial charge in [0.1, 0.15) is 63.1 Å². The molecule has 100 heavy (non-hydrogen) atoms. The van der Waals surface area contributed by atoms with Crippen molar-refractivity contribution in [3.63, 3.8) is 0 Å². The highest BCUT2D eigenvalue weighted by atomic mass is 32.2. The maximum Gasteiger partial charge on any atom is 0.358 e. The van der Waals surface area contributed by atoms with Crippen molar-refractivity contribution in [2.45, 2.75) is 70.6 Å². The van der Waals surface area contributed by atoms with Crippen LogP contribution in [-0.2, 0) is 53.6 Å². The number of hydrogen-bond donors (Lipinski definition) is 6. The monoisotopic (exact) mass is 1460 g/mol. The second kappa shape index (κ2) is 31.9. The minimum Gasteiger partial charge on any atom is -0.378 e. The zero-order valence-corrected chi connectivity index (χ0v) is 59.8. The molecule has 5 aliphatic heterocycles. The van der Waals surface area contributed by atoms with Gasteiger partial charge in [-0.3, -0.25) is 23.5 Å². The number of thiazole rings is 2. The van der Waals surface area contributed by atoms with E-state index in [0.717, 1.165) is 75.6 Å². The number of anilines is 7. The summed E-state index contributed by atoms with van der Waals surface area (Å²) in [4.78, 5) is 77.0. The summed E-state index contributed by atoms with van der Waals surface area (Å²) < 4.78 is 86.1. The highest BCUT2D eigenvalue weighted by Gasteiger charge is 2.51. The van der Waals surface area contributed by atoms with Crippen LogP contribution in [0.25, 0.3) is 12.2 Å². The van der Waals surface area contributed by atoms with Crippen LogP contribution in [0.15, 0.2) is 154 Å². The molecule has 2 aromatic heterocycles. The first-order valence-corrected chi connectivity index (χ1v) is 38.0. The third kappa shape index (κ3) is 16.7. The number of hydrogen-bond acceptors (Lipinski definition) is 26. The van der Waals surface area contributed by atoms with Crippen molar-refractivity contribution in [2.24, 2.45) is 31.4 Å².